The lowest BCUT2D eigenvalue weighted by atomic mass is 9.84. The first-order valence-electron chi connectivity index (χ1n) is 8.53. The maximum absolute atomic E-state index is 12.2. The monoisotopic (exact) mass is 341 g/mol. The van der Waals surface area contributed by atoms with E-state index >= 15 is 0 Å². The fourth-order valence-electron chi connectivity index (χ4n) is 3.16. The lowest BCUT2D eigenvalue weighted by Gasteiger charge is -2.27. The maximum Gasteiger partial charge on any atom is 0.225 e. The first-order chi connectivity index (χ1) is 12.2. The molecule has 0 fully saturated rings. The molecule has 0 saturated carbocycles. The van der Waals surface area contributed by atoms with E-state index in [9.17, 15) is 4.79 Å². The maximum atomic E-state index is 12.2. The van der Waals surface area contributed by atoms with Gasteiger partial charge in [-0.05, 0) is 43.2 Å². The number of hydrogen-bond acceptors (Lipinski definition) is 4. The Hall–Kier alpha value is -2.69. The molecule has 1 aliphatic heterocycles. The molecule has 1 heterocycles. The van der Waals surface area contributed by atoms with Crippen LogP contribution in [0.15, 0.2) is 36.4 Å². The van der Waals surface area contributed by atoms with Crippen LogP contribution < -0.4 is 19.5 Å². The fraction of sp³-hybridized carbons (Fsp3) is 0.350. The molecule has 0 unspecified atom stereocenters. The van der Waals surface area contributed by atoms with E-state index in [0.717, 1.165) is 22.6 Å². The molecule has 1 aliphatic rings. The van der Waals surface area contributed by atoms with E-state index in [1.54, 1.807) is 7.11 Å². The summed E-state index contributed by atoms with van der Waals surface area (Å²) < 4.78 is 16.7. The lowest BCUT2D eigenvalue weighted by Crippen LogP contribution is -2.23. The second-order valence-electron chi connectivity index (χ2n) is 5.83. The number of ether oxygens (including phenoxy) is 3. The van der Waals surface area contributed by atoms with Gasteiger partial charge in [0.2, 0.25) is 5.91 Å². The van der Waals surface area contributed by atoms with Gasteiger partial charge in [0.1, 0.15) is 5.75 Å². The second-order valence-corrected chi connectivity index (χ2v) is 5.83. The molecule has 3 rings (SSSR count). The van der Waals surface area contributed by atoms with Crippen LogP contribution in [0.1, 0.15) is 37.3 Å². The van der Waals surface area contributed by atoms with E-state index in [4.69, 9.17) is 14.2 Å². The summed E-state index contributed by atoms with van der Waals surface area (Å²) in [4.78, 5) is 12.2. The molecule has 1 N–H and O–H groups in total. The van der Waals surface area contributed by atoms with E-state index in [1.807, 2.05) is 50.2 Å². The van der Waals surface area contributed by atoms with Crippen LogP contribution in [0.25, 0.3) is 0 Å². The second kappa shape index (κ2) is 7.47. The Morgan fingerprint density at radius 1 is 1.08 bits per heavy atom. The molecule has 0 aliphatic carbocycles. The zero-order valence-electron chi connectivity index (χ0n) is 14.8. The third-order valence-corrected chi connectivity index (χ3v) is 4.25. The van der Waals surface area contributed by atoms with Gasteiger partial charge in [0.05, 0.1) is 20.3 Å². The first kappa shape index (κ1) is 17.1. The summed E-state index contributed by atoms with van der Waals surface area (Å²) in [6.45, 7) is 4.95. The highest BCUT2D eigenvalue weighted by Crippen LogP contribution is 2.43. The van der Waals surface area contributed by atoms with Crippen molar-refractivity contribution in [2.45, 2.75) is 26.2 Å². The van der Waals surface area contributed by atoms with Gasteiger partial charge >= 0.3 is 0 Å². The molecule has 1 atom stereocenters. The highest BCUT2D eigenvalue weighted by atomic mass is 16.5. The van der Waals surface area contributed by atoms with Crippen LogP contribution in [-0.4, -0.2) is 26.2 Å². The van der Waals surface area contributed by atoms with Gasteiger partial charge in [-0.2, -0.15) is 0 Å². The lowest BCUT2D eigenvalue weighted by molar-refractivity contribution is -0.116. The molecule has 0 bridgehead atoms. The van der Waals surface area contributed by atoms with E-state index in [0.29, 0.717) is 31.1 Å². The van der Waals surface area contributed by atoms with Crippen molar-refractivity contribution in [3.8, 4) is 17.2 Å². The van der Waals surface area contributed by atoms with E-state index in [-0.39, 0.29) is 11.8 Å². The zero-order chi connectivity index (χ0) is 17.8. The predicted octanol–water partition coefficient (Wildman–Crippen LogP) is 3.97. The number of fused-ring (bicyclic) bond motifs is 1. The van der Waals surface area contributed by atoms with Crippen molar-refractivity contribution in [2.24, 2.45) is 0 Å². The van der Waals surface area contributed by atoms with Gasteiger partial charge in [-0.25, -0.2) is 0 Å². The van der Waals surface area contributed by atoms with Crippen LogP contribution in [0.4, 0.5) is 5.69 Å². The Labute approximate surface area is 147 Å². The normalized spacial score (nSPS) is 16.0. The summed E-state index contributed by atoms with van der Waals surface area (Å²) in [7, 11) is 1.64. The van der Waals surface area contributed by atoms with E-state index in [1.165, 1.54) is 0 Å². The molecule has 0 spiro atoms. The molecule has 2 aromatic carbocycles. The van der Waals surface area contributed by atoms with Crippen molar-refractivity contribution in [2.75, 3.05) is 25.6 Å². The Balaban J connectivity index is 2.09. The van der Waals surface area contributed by atoms with Crippen molar-refractivity contribution in [1.82, 2.24) is 0 Å². The molecule has 2 aromatic rings. The number of carbonyl (C=O) groups excluding carboxylic acids is 1. The van der Waals surface area contributed by atoms with Crippen LogP contribution >= 0.6 is 0 Å². The molecule has 1 amide bonds. The van der Waals surface area contributed by atoms with Crippen molar-refractivity contribution < 1.29 is 19.0 Å². The average Bonchev–Trinajstić information content (AvgIpc) is 2.62. The molecule has 25 heavy (non-hydrogen) atoms. The summed E-state index contributed by atoms with van der Waals surface area (Å²) in [5.74, 6) is 2.07. The highest BCUT2D eigenvalue weighted by Gasteiger charge is 2.28. The molecule has 5 heteroatoms. The number of methoxy groups -OCH3 is 1. The van der Waals surface area contributed by atoms with Crippen molar-refractivity contribution in [3.05, 3.63) is 47.5 Å². The Kier molecular flexibility index (Phi) is 5.12. The highest BCUT2D eigenvalue weighted by molar-refractivity contribution is 5.96. The van der Waals surface area contributed by atoms with Gasteiger partial charge in [0, 0.05) is 24.1 Å². The number of hydrogen-bond donors (Lipinski definition) is 1. The molecular weight excluding hydrogens is 318 g/mol. The number of benzene rings is 2. The number of anilines is 1. The first-order valence-corrected chi connectivity index (χ1v) is 8.53. The van der Waals surface area contributed by atoms with Crippen molar-refractivity contribution in [3.63, 3.8) is 0 Å². The van der Waals surface area contributed by atoms with Crippen LogP contribution in [0.2, 0.25) is 0 Å². The van der Waals surface area contributed by atoms with E-state index < -0.39 is 0 Å². The zero-order valence-corrected chi connectivity index (χ0v) is 14.8. The van der Waals surface area contributed by atoms with Crippen LogP contribution in [0.3, 0.4) is 0 Å². The van der Waals surface area contributed by atoms with Gasteiger partial charge < -0.3 is 19.5 Å². The van der Waals surface area contributed by atoms with Gasteiger partial charge in [-0.1, -0.05) is 12.1 Å². The van der Waals surface area contributed by atoms with Gasteiger partial charge in [0.15, 0.2) is 11.5 Å². The number of nitrogens with one attached hydrogen (secondary N) is 1. The summed E-state index contributed by atoms with van der Waals surface area (Å²) in [5, 5.41) is 2.95. The molecular formula is C20H23NO4. The summed E-state index contributed by atoms with van der Waals surface area (Å²) >= 11 is 0. The third-order valence-electron chi connectivity index (χ3n) is 4.25. The third kappa shape index (κ3) is 3.55. The largest absolute Gasteiger partial charge is 0.497 e. The van der Waals surface area contributed by atoms with Crippen LogP contribution in [0.5, 0.6) is 17.2 Å². The van der Waals surface area contributed by atoms with E-state index in [2.05, 4.69) is 5.32 Å². The molecule has 5 nitrogen and oxygen atoms in total. The Bertz CT molecular complexity index is 772. The topological polar surface area (TPSA) is 56.8 Å². The summed E-state index contributed by atoms with van der Waals surface area (Å²) in [5.41, 5.74) is 2.85. The van der Waals surface area contributed by atoms with Gasteiger partial charge in [0.25, 0.3) is 0 Å². The van der Waals surface area contributed by atoms with Gasteiger partial charge in [-0.3, -0.25) is 4.79 Å². The fourth-order valence-corrected chi connectivity index (χ4v) is 3.16. The SMILES string of the molecule is CCOc1cc2c(cc1OCC)[C@H](c1cccc(OC)c1)CC(=O)N2. The van der Waals surface area contributed by atoms with Crippen LogP contribution in [-0.2, 0) is 4.79 Å². The number of amides is 1. The summed E-state index contributed by atoms with van der Waals surface area (Å²) in [6.07, 6.45) is 0.389. The molecule has 0 saturated heterocycles. The Morgan fingerprint density at radius 2 is 1.80 bits per heavy atom. The van der Waals surface area contributed by atoms with Crippen molar-refractivity contribution >= 4 is 11.6 Å². The average molecular weight is 341 g/mol. The number of rotatable bonds is 6. The van der Waals surface area contributed by atoms with Crippen molar-refractivity contribution in [1.29, 1.82) is 0 Å². The Morgan fingerprint density at radius 3 is 2.48 bits per heavy atom. The van der Waals surface area contributed by atoms with Crippen LogP contribution in [0, 0.1) is 0 Å². The minimum Gasteiger partial charge on any atom is -0.497 e. The molecule has 0 aromatic heterocycles. The quantitative estimate of drug-likeness (QED) is 0.864. The minimum absolute atomic E-state index is 0.00747. The predicted molar refractivity (Wildman–Crippen MR) is 96.9 cm³/mol. The molecule has 0 radical (unpaired) electrons. The van der Waals surface area contributed by atoms with Gasteiger partial charge in [-0.15, -0.1) is 0 Å². The smallest absolute Gasteiger partial charge is 0.225 e. The number of carbonyl (C=O) groups is 1. The minimum atomic E-state index is -0.0475. The standard InChI is InChI=1S/C20H23NO4/c1-4-24-18-10-16-15(13-7-6-8-14(9-13)23-3)11-20(22)21-17(16)12-19(18)25-5-2/h6-10,12,15H,4-5,11H2,1-3H3,(H,21,22)/t15-/m0/s1. The molecule has 132 valence electrons. The summed E-state index contributed by atoms with van der Waals surface area (Å²) in [6, 6.07) is 11.7.